The Kier molecular flexibility index (Phi) is 4.49. The van der Waals surface area contributed by atoms with Crippen LogP contribution in [-0.2, 0) is 11.3 Å². The Bertz CT molecular complexity index is 703. The van der Waals surface area contributed by atoms with Crippen LogP contribution in [0.3, 0.4) is 0 Å². The smallest absolute Gasteiger partial charge is 0.414 e. The van der Waals surface area contributed by atoms with Crippen LogP contribution in [0.2, 0.25) is 0 Å². The number of benzene rings is 1. The molecule has 2 atom stereocenters. The molecular weight excluding hydrogens is 314 g/mol. The Morgan fingerprint density at radius 1 is 1.52 bits per heavy atom. The monoisotopic (exact) mass is 333 g/mol. The average Bonchev–Trinajstić information content (AvgIpc) is 3.02. The first-order valence-electron chi connectivity index (χ1n) is 7.42. The molecule has 3 rings (SSSR count). The van der Waals surface area contributed by atoms with E-state index in [-0.39, 0.29) is 24.8 Å². The molecule has 0 saturated heterocycles. The van der Waals surface area contributed by atoms with E-state index in [2.05, 4.69) is 10.3 Å². The molecule has 1 aromatic carbocycles. The van der Waals surface area contributed by atoms with E-state index in [1.165, 1.54) is 18.4 Å². The van der Waals surface area contributed by atoms with Crippen molar-refractivity contribution >= 4 is 28.2 Å². The zero-order valence-corrected chi connectivity index (χ0v) is 13.8. The number of nitrogens with one attached hydrogen (secondary N) is 1. The van der Waals surface area contributed by atoms with Gasteiger partial charge in [0.25, 0.3) is 0 Å². The Balaban J connectivity index is 1.91. The lowest BCUT2D eigenvalue weighted by molar-refractivity contribution is 0.175. The second-order valence-corrected chi connectivity index (χ2v) is 6.34. The molecular formula is C16H19N3O3S. The van der Waals surface area contributed by atoms with Gasteiger partial charge in [-0.1, -0.05) is 18.2 Å². The van der Waals surface area contributed by atoms with Crippen molar-refractivity contribution in [3.05, 3.63) is 40.9 Å². The maximum absolute atomic E-state index is 12.1. The lowest BCUT2D eigenvalue weighted by Gasteiger charge is -2.38. The molecule has 2 heterocycles. The molecule has 1 amide bonds. The van der Waals surface area contributed by atoms with Gasteiger partial charge in [-0.3, -0.25) is 4.90 Å². The summed E-state index contributed by atoms with van der Waals surface area (Å²) in [6.07, 6.45) is 0.403. The number of methoxy groups -OCH3 is 1. The highest BCUT2D eigenvalue weighted by molar-refractivity contribution is 7.13. The van der Waals surface area contributed by atoms with Crippen LogP contribution >= 0.6 is 11.3 Å². The largest absolute Gasteiger partial charge is 0.452 e. The van der Waals surface area contributed by atoms with E-state index in [4.69, 9.17) is 9.84 Å². The first-order valence-corrected chi connectivity index (χ1v) is 8.30. The SMILES string of the molecule is COC(=O)N1c2ccccc2[C@@H](Nc2nc(CO)cs2)C[C@H]1C. The minimum Gasteiger partial charge on any atom is -0.452 e. The number of amides is 1. The third-order valence-electron chi connectivity index (χ3n) is 3.97. The summed E-state index contributed by atoms with van der Waals surface area (Å²) < 4.78 is 4.92. The summed E-state index contributed by atoms with van der Waals surface area (Å²) in [6.45, 7) is 1.94. The van der Waals surface area contributed by atoms with Crippen LogP contribution in [0.25, 0.3) is 0 Å². The van der Waals surface area contributed by atoms with E-state index in [1.807, 2.05) is 36.6 Å². The molecule has 0 unspecified atom stereocenters. The van der Waals surface area contributed by atoms with Crippen LogP contribution < -0.4 is 10.2 Å². The standard InChI is InChI=1S/C16H19N3O3S/c1-10-7-13(18-15-17-11(8-20)9-23-15)12-5-3-4-6-14(12)19(10)16(21)22-2/h3-6,9-10,13,20H,7-8H2,1-2H3,(H,17,18)/t10-,13+/m1/s1. The topological polar surface area (TPSA) is 74.7 Å². The molecule has 6 nitrogen and oxygen atoms in total. The molecule has 0 bridgehead atoms. The molecule has 7 heteroatoms. The molecule has 122 valence electrons. The second kappa shape index (κ2) is 6.55. The van der Waals surface area contributed by atoms with Gasteiger partial charge in [0.2, 0.25) is 0 Å². The van der Waals surface area contributed by atoms with Crippen molar-refractivity contribution in [3.8, 4) is 0 Å². The van der Waals surface area contributed by atoms with Crippen molar-refractivity contribution in [1.82, 2.24) is 4.98 Å². The fourth-order valence-electron chi connectivity index (χ4n) is 2.92. The van der Waals surface area contributed by atoms with Gasteiger partial charge < -0.3 is 15.2 Å². The predicted octanol–water partition coefficient (Wildman–Crippen LogP) is 3.15. The Morgan fingerprint density at radius 2 is 2.30 bits per heavy atom. The number of aliphatic hydroxyl groups is 1. The number of thiazole rings is 1. The summed E-state index contributed by atoms with van der Waals surface area (Å²) in [5.41, 5.74) is 2.55. The minimum absolute atomic E-state index is 0.00660. The first kappa shape index (κ1) is 15.8. The summed E-state index contributed by atoms with van der Waals surface area (Å²) in [6, 6.07) is 7.87. The lowest BCUT2D eigenvalue weighted by Crippen LogP contribution is -2.44. The summed E-state index contributed by atoms with van der Waals surface area (Å²) >= 11 is 1.47. The molecule has 0 aliphatic carbocycles. The number of hydrogen-bond acceptors (Lipinski definition) is 6. The molecule has 0 saturated carbocycles. The van der Waals surface area contributed by atoms with Gasteiger partial charge in [-0.15, -0.1) is 11.3 Å². The highest BCUT2D eigenvalue weighted by atomic mass is 32.1. The van der Waals surface area contributed by atoms with Gasteiger partial charge in [0.05, 0.1) is 31.1 Å². The molecule has 1 aliphatic heterocycles. The van der Waals surface area contributed by atoms with Gasteiger partial charge in [0, 0.05) is 11.4 Å². The van der Waals surface area contributed by atoms with E-state index in [1.54, 1.807) is 4.90 Å². The molecule has 2 aromatic rings. The van der Waals surface area contributed by atoms with Gasteiger partial charge >= 0.3 is 6.09 Å². The van der Waals surface area contributed by atoms with Gasteiger partial charge in [-0.05, 0) is 25.0 Å². The van der Waals surface area contributed by atoms with Crippen molar-refractivity contribution in [2.24, 2.45) is 0 Å². The lowest BCUT2D eigenvalue weighted by atomic mass is 9.92. The van der Waals surface area contributed by atoms with E-state index in [0.717, 1.165) is 22.8 Å². The number of rotatable bonds is 3. The van der Waals surface area contributed by atoms with Crippen LogP contribution in [0.15, 0.2) is 29.6 Å². The first-order chi connectivity index (χ1) is 11.1. The van der Waals surface area contributed by atoms with Crippen molar-refractivity contribution in [1.29, 1.82) is 0 Å². The number of para-hydroxylation sites is 1. The quantitative estimate of drug-likeness (QED) is 0.902. The zero-order chi connectivity index (χ0) is 16.4. The maximum Gasteiger partial charge on any atom is 0.414 e. The van der Waals surface area contributed by atoms with E-state index >= 15 is 0 Å². The number of aromatic nitrogens is 1. The summed E-state index contributed by atoms with van der Waals surface area (Å²) in [5, 5.41) is 15.2. The Labute approximate surface area is 138 Å². The normalized spacial score (nSPS) is 20.0. The average molecular weight is 333 g/mol. The van der Waals surface area contributed by atoms with E-state index < -0.39 is 0 Å². The number of carbonyl (C=O) groups is 1. The van der Waals surface area contributed by atoms with Crippen molar-refractivity contribution in [3.63, 3.8) is 0 Å². The second-order valence-electron chi connectivity index (χ2n) is 5.48. The van der Waals surface area contributed by atoms with Crippen LogP contribution in [0.1, 0.15) is 30.6 Å². The Morgan fingerprint density at radius 3 is 3.00 bits per heavy atom. The predicted molar refractivity (Wildman–Crippen MR) is 89.8 cm³/mol. The molecule has 0 radical (unpaired) electrons. The van der Waals surface area contributed by atoms with E-state index in [0.29, 0.717) is 5.69 Å². The number of fused-ring (bicyclic) bond motifs is 1. The molecule has 1 aromatic heterocycles. The Hall–Kier alpha value is -2.12. The van der Waals surface area contributed by atoms with Gasteiger partial charge in [-0.25, -0.2) is 9.78 Å². The van der Waals surface area contributed by atoms with Gasteiger partial charge in [0.15, 0.2) is 5.13 Å². The van der Waals surface area contributed by atoms with Crippen LogP contribution in [-0.4, -0.2) is 29.3 Å². The highest BCUT2D eigenvalue weighted by Crippen LogP contribution is 2.39. The van der Waals surface area contributed by atoms with Gasteiger partial charge in [-0.2, -0.15) is 0 Å². The molecule has 0 spiro atoms. The van der Waals surface area contributed by atoms with Crippen molar-refractivity contribution < 1.29 is 14.6 Å². The third kappa shape index (κ3) is 3.02. The molecule has 0 fully saturated rings. The molecule has 2 N–H and O–H groups in total. The number of carbonyl (C=O) groups excluding carboxylic acids is 1. The summed E-state index contributed by atoms with van der Waals surface area (Å²) in [5.74, 6) is 0. The number of nitrogens with zero attached hydrogens (tertiary/aromatic N) is 2. The third-order valence-corrected chi connectivity index (χ3v) is 4.79. The van der Waals surface area contributed by atoms with Gasteiger partial charge in [0.1, 0.15) is 0 Å². The number of aliphatic hydroxyl groups excluding tert-OH is 1. The fourth-order valence-corrected chi connectivity index (χ4v) is 3.68. The fraction of sp³-hybridized carbons (Fsp3) is 0.375. The maximum atomic E-state index is 12.1. The highest BCUT2D eigenvalue weighted by Gasteiger charge is 2.34. The minimum atomic E-state index is -0.347. The van der Waals surface area contributed by atoms with Crippen LogP contribution in [0, 0.1) is 0 Å². The zero-order valence-electron chi connectivity index (χ0n) is 13.0. The van der Waals surface area contributed by atoms with Crippen molar-refractivity contribution in [2.75, 3.05) is 17.3 Å². The summed E-state index contributed by atoms with van der Waals surface area (Å²) in [4.78, 5) is 18.1. The number of anilines is 2. The van der Waals surface area contributed by atoms with E-state index in [9.17, 15) is 4.79 Å². The van der Waals surface area contributed by atoms with Crippen LogP contribution in [0.4, 0.5) is 15.6 Å². The number of hydrogen-bond donors (Lipinski definition) is 2. The molecule has 1 aliphatic rings. The molecule has 23 heavy (non-hydrogen) atoms. The van der Waals surface area contributed by atoms with Crippen LogP contribution in [0.5, 0.6) is 0 Å². The number of ether oxygens (including phenoxy) is 1. The van der Waals surface area contributed by atoms with Crippen molar-refractivity contribution in [2.45, 2.75) is 32.0 Å². The summed E-state index contributed by atoms with van der Waals surface area (Å²) in [7, 11) is 1.40.